The van der Waals surface area contributed by atoms with Crippen molar-refractivity contribution in [3.05, 3.63) is 119 Å². The fourth-order valence-electron chi connectivity index (χ4n) is 11.2. The molecule has 2 amide bonds. The summed E-state index contributed by atoms with van der Waals surface area (Å²) in [5, 5.41) is 29.0. The summed E-state index contributed by atoms with van der Waals surface area (Å²) < 4.78 is 36.7. The van der Waals surface area contributed by atoms with Crippen molar-refractivity contribution in [1.82, 2.24) is 10.2 Å². The van der Waals surface area contributed by atoms with Gasteiger partial charge < -0.3 is 53.6 Å². The monoisotopic (exact) mass is 1020 g/mol. The maximum atomic E-state index is 15.8. The molecule has 2 bridgehead atoms. The van der Waals surface area contributed by atoms with E-state index in [4.69, 9.17) is 28.4 Å². The SMILES string of the molecule is CC(=O)CCC(=O)N(C)CC(=O)O[C@@H](C(=O)O[C@H]1C[C@@]2(O)[C@@H](OC(=O)c3ccccc3)[C@@H]3[C@]4(OC(C)=O)CO[C@@H]4C[C@H](O)[C@@]3(C)C(=O)[C@H](OC(C)=O)C(=C1C)C2(C)C)[C@@H](NC(=O)c1ccccc1)c1ccccc1. The number of aliphatic hydroxyl groups is 2. The van der Waals surface area contributed by atoms with Gasteiger partial charge in [-0.25, -0.2) is 9.59 Å². The number of aliphatic hydroxyl groups excluding tert-OH is 1. The van der Waals surface area contributed by atoms with Gasteiger partial charge >= 0.3 is 29.8 Å². The molecule has 1 aliphatic heterocycles. The molecule has 3 aromatic rings. The van der Waals surface area contributed by atoms with Gasteiger partial charge in [-0.2, -0.15) is 0 Å². The van der Waals surface area contributed by atoms with Crippen molar-refractivity contribution < 1.29 is 81.8 Å². The van der Waals surface area contributed by atoms with Crippen LogP contribution < -0.4 is 5.32 Å². The number of rotatable bonds is 16. The average molecular weight is 1020 g/mol. The van der Waals surface area contributed by atoms with E-state index in [9.17, 15) is 43.8 Å². The van der Waals surface area contributed by atoms with Crippen molar-refractivity contribution in [1.29, 1.82) is 0 Å². The van der Waals surface area contributed by atoms with Gasteiger partial charge in [0, 0.05) is 57.6 Å². The lowest BCUT2D eigenvalue weighted by Crippen LogP contribution is -2.82. The predicted molar refractivity (Wildman–Crippen MR) is 259 cm³/mol. The Morgan fingerprint density at radius 2 is 1.41 bits per heavy atom. The predicted octanol–water partition coefficient (Wildman–Crippen LogP) is 4.11. The fraction of sp³-hybridized carbons (Fsp3) is 0.473. The molecule has 0 radical (unpaired) electrons. The van der Waals surface area contributed by atoms with Gasteiger partial charge in [-0.1, -0.05) is 80.6 Å². The highest BCUT2D eigenvalue weighted by molar-refractivity contribution is 5.97. The smallest absolute Gasteiger partial charge is 0.350 e. The van der Waals surface area contributed by atoms with Gasteiger partial charge in [0.25, 0.3) is 5.91 Å². The van der Waals surface area contributed by atoms with Crippen LogP contribution in [0.15, 0.2) is 102 Å². The first-order chi connectivity index (χ1) is 34.9. The van der Waals surface area contributed by atoms with E-state index in [1.54, 1.807) is 66.7 Å². The number of nitrogens with zero attached hydrogens (tertiary/aromatic N) is 1. The Bertz CT molecular complexity index is 2730. The van der Waals surface area contributed by atoms with Gasteiger partial charge in [-0.05, 0) is 61.7 Å². The summed E-state index contributed by atoms with van der Waals surface area (Å²) in [5.74, 6) is -9.27. The first-order valence-corrected chi connectivity index (χ1v) is 24.3. The van der Waals surface area contributed by atoms with Gasteiger partial charge in [0.2, 0.25) is 12.0 Å². The van der Waals surface area contributed by atoms with Crippen molar-refractivity contribution in [2.75, 3.05) is 20.2 Å². The highest BCUT2D eigenvalue weighted by atomic mass is 16.6. The summed E-state index contributed by atoms with van der Waals surface area (Å²) in [5.41, 5.74) is -7.81. The van der Waals surface area contributed by atoms with Crippen LogP contribution in [0.1, 0.15) is 106 Å². The maximum Gasteiger partial charge on any atom is 0.350 e. The van der Waals surface area contributed by atoms with Crippen molar-refractivity contribution in [3.63, 3.8) is 0 Å². The van der Waals surface area contributed by atoms with Crippen molar-refractivity contribution in [2.24, 2.45) is 16.7 Å². The van der Waals surface area contributed by atoms with E-state index < -0.39 is 131 Å². The van der Waals surface area contributed by atoms with E-state index in [1.807, 2.05) is 0 Å². The van der Waals surface area contributed by atoms with Gasteiger partial charge in [-0.15, -0.1) is 0 Å². The fourth-order valence-corrected chi connectivity index (χ4v) is 11.2. The Balaban J connectivity index is 1.40. The van der Waals surface area contributed by atoms with E-state index in [0.717, 1.165) is 18.7 Å². The zero-order chi connectivity index (χ0) is 54.1. The largest absolute Gasteiger partial charge is 0.455 e. The molecule has 3 N–H and O–H groups in total. The molecule has 4 aliphatic rings. The number of Topliss-reactive ketones (excluding diaryl/α,β-unsaturated/α-hetero) is 2. The number of hydrogen-bond donors (Lipinski definition) is 3. The van der Waals surface area contributed by atoms with E-state index in [-0.39, 0.29) is 59.5 Å². The number of carbonyl (C=O) groups is 9. The molecule has 0 aromatic heterocycles. The summed E-state index contributed by atoms with van der Waals surface area (Å²) in [6.07, 6.45) is -11.5. The number of carbonyl (C=O) groups excluding carboxylic acids is 9. The first kappa shape index (κ1) is 54.7. The van der Waals surface area contributed by atoms with Crippen LogP contribution in [-0.4, -0.2) is 136 Å². The number of fused-ring (bicyclic) bond motifs is 5. The Labute approximate surface area is 427 Å². The van der Waals surface area contributed by atoms with Crippen molar-refractivity contribution in [3.8, 4) is 0 Å². The molecule has 19 nitrogen and oxygen atoms in total. The molecule has 0 spiro atoms. The Morgan fingerprint density at radius 3 is 1.96 bits per heavy atom. The summed E-state index contributed by atoms with van der Waals surface area (Å²) in [6.45, 7) is 8.31. The molecule has 19 heteroatoms. The van der Waals surface area contributed by atoms with Crippen LogP contribution in [0.3, 0.4) is 0 Å². The highest BCUT2D eigenvalue weighted by Crippen LogP contribution is 2.64. The molecule has 3 aromatic carbocycles. The van der Waals surface area contributed by atoms with Crippen LogP contribution in [0.5, 0.6) is 0 Å². The van der Waals surface area contributed by atoms with E-state index in [0.29, 0.717) is 0 Å². The minimum absolute atomic E-state index is 0.0205. The second kappa shape index (κ2) is 21.4. The van der Waals surface area contributed by atoms with E-state index in [2.05, 4.69) is 5.32 Å². The number of amides is 2. The molecule has 1 heterocycles. The number of ether oxygens (including phenoxy) is 6. The molecule has 11 atom stereocenters. The standard InChI is InChI=1S/C55H62N2O17/c1-30(58)24-25-40(62)57(8)28-41(63)72-45(43(34-18-12-9-13-19-34)56-49(65)35-20-14-10-15-21-35)51(67)71-37-27-55(68)48(73-50(66)36-22-16-11-17-23-36)46-53(7,38(61)26-39-54(46,29-69-39)74-33(4)60)47(64)44(70-32(3)59)42(31(37)2)52(55,5)6/h9-23,37-39,43-46,48,61,68H,24-29H2,1-8H3,(H,56,65)/t37-,38-,39+,43-,44+,45+,46-,48-,53+,54-,55+/m0/s1. The summed E-state index contributed by atoms with van der Waals surface area (Å²) in [6, 6.07) is 22.2. The minimum Gasteiger partial charge on any atom is -0.455 e. The van der Waals surface area contributed by atoms with Crippen LogP contribution in [0.2, 0.25) is 0 Å². The average Bonchev–Trinajstić information content (AvgIpc) is 3.35. The number of likely N-dealkylation sites (N-methyl/N-ethyl adjacent to an activating group) is 1. The summed E-state index contributed by atoms with van der Waals surface area (Å²) in [4.78, 5) is 126. The third kappa shape index (κ3) is 10.2. The van der Waals surface area contributed by atoms with Crippen LogP contribution in [0.25, 0.3) is 0 Å². The Morgan fingerprint density at radius 1 is 0.811 bits per heavy atom. The molecule has 2 saturated carbocycles. The molecule has 74 heavy (non-hydrogen) atoms. The third-order valence-corrected chi connectivity index (χ3v) is 15.2. The van der Waals surface area contributed by atoms with Gasteiger partial charge in [0.05, 0.1) is 29.6 Å². The molecular weight excluding hydrogens is 961 g/mol. The highest BCUT2D eigenvalue weighted by Gasteiger charge is 2.78. The normalized spacial score (nSPS) is 28.4. The second-order valence-corrected chi connectivity index (χ2v) is 20.3. The number of esters is 5. The molecule has 3 aliphatic carbocycles. The molecule has 1 saturated heterocycles. The zero-order valence-electron chi connectivity index (χ0n) is 42.5. The topological polar surface area (TPSA) is 265 Å². The number of hydrogen-bond acceptors (Lipinski definition) is 17. The molecule has 394 valence electrons. The van der Waals surface area contributed by atoms with Crippen LogP contribution in [0.4, 0.5) is 0 Å². The number of nitrogens with one attached hydrogen (secondary N) is 1. The zero-order valence-corrected chi connectivity index (χ0v) is 42.5. The molecule has 7 rings (SSSR count). The summed E-state index contributed by atoms with van der Waals surface area (Å²) >= 11 is 0. The number of ketones is 2. The lowest BCUT2D eigenvalue weighted by Gasteiger charge is -2.67. The minimum atomic E-state index is -2.51. The Kier molecular flexibility index (Phi) is 15.8. The maximum absolute atomic E-state index is 15.8. The van der Waals surface area contributed by atoms with Crippen molar-refractivity contribution in [2.45, 2.75) is 128 Å². The lowest BCUT2D eigenvalue weighted by atomic mass is 9.44. The van der Waals surface area contributed by atoms with Crippen LogP contribution >= 0.6 is 0 Å². The van der Waals surface area contributed by atoms with Crippen molar-refractivity contribution >= 4 is 53.2 Å². The van der Waals surface area contributed by atoms with Gasteiger partial charge in [0.15, 0.2) is 17.5 Å². The molecule has 0 unspecified atom stereocenters. The second-order valence-electron chi connectivity index (χ2n) is 20.3. The quantitative estimate of drug-likeness (QED) is 0.104. The van der Waals surface area contributed by atoms with Gasteiger partial charge in [0.1, 0.15) is 42.3 Å². The lowest BCUT2D eigenvalue weighted by molar-refractivity contribution is -0.346. The number of benzene rings is 3. The van der Waals surface area contributed by atoms with E-state index >= 15 is 9.59 Å². The van der Waals surface area contributed by atoms with E-state index in [1.165, 1.54) is 65.9 Å². The summed E-state index contributed by atoms with van der Waals surface area (Å²) in [7, 11) is 1.30. The Hall–Kier alpha value is -7.09. The molecule has 3 fully saturated rings. The van der Waals surface area contributed by atoms with Crippen LogP contribution in [-0.2, 0) is 62.0 Å². The first-order valence-electron chi connectivity index (χ1n) is 24.3. The molecular formula is C55H62N2O17. The van der Waals surface area contributed by atoms with Crippen LogP contribution in [0, 0.1) is 16.7 Å². The van der Waals surface area contributed by atoms with Gasteiger partial charge in [-0.3, -0.25) is 28.8 Å². The third-order valence-electron chi connectivity index (χ3n) is 15.2.